The fourth-order valence-corrected chi connectivity index (χ4v) is 1.81. The van der Waals surface area contributed by atoms with E-state index >= 15 is 0 Å². The predicted molar refractivity (Wildman–Crippen MR) is 76.8 cm³/mol. The van der Waals surface area contributed by atoms with Gasteiger partial charge in [-0.1, -0.05) is 19.8 Å². The molecule has 5 heteroatoms. The predicted octanol–water partition coefficient (Wildman–Crippen LogP) is 1.51. The number of aromatic nitrogens is 2. The summed E-state index contributed by atoms with van der Waals surface area (Å²) < 4.78 is 1.84. The van der Waals surface area contributed by atoms with Gasteiger partial charge in [0.2, 0.25) is 5.91 Å². The SMILES string of the molecule is CCCCCNC(=O)C(C)NCc1cnn(C)c1C. The lowest BCUT2D eigenvalue weighted by molar-refractivity contribution is -0.122. The van der Waals surface area contributed by atoms with E-state index in [4.69, 9.17) is 0 Å². The van der Waals surface area contributed by atoms with E-state index in [0.717, 1.165) is 30.6 Å². The maximum Gasteiger partial charge on any atom is 0.236 e. The minimum absolute atomic E-state index is 0.0673. The summed E-state index contributed by atoms with van der Waals surface area (Å²) in [5, 5.41) is 10.4. The van der Waals surface area contributed by atoms with E-state index in [-0.39, 0.29) is 11.9 Å². The number of carbonyl (C=O) groups excluding carboxylic acids is 1. The normalized spacial score (nSPS) is 12.4. The molecule has 0 spiro atoms. The molecular weight excluding hydrogens is 240 g/mol. The zero-order valence-electron chi connectivity index (χ0n) is 12.5. The molecule has 0 fully saturated rings. The van der Waals surface area contributed by atoms with Gasteiger partial charge < -0.3 is 10.6 Å². The number of unbranched alkanes of at least 4 members (excludes halogenated alkanes) is 2. The molecule has 1 aromatic rings. The van der Waals surface area contributed by atoms with E-state index in [2.05, 4.69) is 22.7 Å². The molecule has 0 aromatic carbocycles. The fraction of sp³-hybridized carbons (Fsp3) is 0.714. The van der Waals surface area contributed by atoms with Crippen LogP contribution in [-0.2, 0) is 18.4 Å². The molecule has 1 heterocycles. The second-order valence-corrected chi connectivity index (χ2v) is 4.98. The fourth-order valence-electron chi connectivity index (χ4n) is 1.81. The number of hydrogen-bond acceptors (Lipinski definition) is 3. The van der Waals surface area contributed by atoms with Crippen LogP contribution < -0.4 is 10.6 Å². The summed E-state index contributed by atoms with van der Waals surface area (Å²) in [7, 11) is 1.92. The first-order valence-electron chi connectivity index (χ1n) is 7.04. The third kappa shape index (κ3) is 5.03. The molecule has 19 heavy (non-hydrogen) atoms. The van der Waals surface area contributed by atoms with Crippen LogP contribution >= 0.6 is 0 Å². The Hall–Kier alpha value is -1.36. The molecule has 1 aromatic heterocycles. The largest absolute Gasteiger partial charge is 0.355 e. The van der Waals surface area contributed by atoms with Crippen molar-refractivity contribution in [3.8, 4) is 0 Å². The van der Waals surface area contributed by atoms with Gasteiger partial charge in [-0.25, -0.2) is 0 Å². The van der Waals surface area contributed by atoms with Crippen molar-refractivity contribution in [3.63, 3.8) is 0 Å². The summed E-state index contributed by atoms with van der Waals surface area (Å²) in [6.45, 7) is 7.51. The molecule has 0 bridgehead atoms. The van der Waals surface area contributed by atoms with Crippen LogP contribution in [-0.4, -0.2) is 28.3 Å². The van der Waals surface area contributed by atoms with E-state index < -0.39 is 0 Å². The summed E-state index contributed by atoms with van der Waals surface area (Å²) >= 11 is 0. The molecule has 0 aliphatic rings. The molecular formula is C14H26N4O. The Morgan fingerprint density at radius 1 is 1.47 bits per heavy atom. The number of amides is 1. The van der Waals surface area contributed by atoms with Gasteiger partial charge in [-0.15, -0.1) is 0 Å². The number of rotatable bonds is 8. The Morgan fingerprint density at radius 2 is 2.21 bits per heavy atom. The van der Waals surface area contributed by atoms with Crippen LogP contribution in [0.15, 0.2) is 6.20 Å². The highest BCUT2D eigenvalue weighted by molar-refractivity contribution is 5.81. The Morgan fingerprint density at radius 3 is 2.79 bits per heavy atom. The van der Waals surface area contributed by atoms with Gasteiger partial charge in [-0.2, -0.15) is 5.10 Å². The van der Waals surface area contributed by atoms with Crippen LogP contribution in [0, 0.1) is 6.92 Å². The standard InChI is InChI=1S/C14H26N4O/c1-5-6-7-8-15-14(19)11(2)16-9-13-10-17-18(4)12(13)3/h10-11,16H,5-9H2,1-4H3,(H,15,19). The maximum absolute atomic E-state index is 11.8. The Bertz CT molecular complexity index is 400. The van der Waals surface area contributed by atoms with Gasteiger partial charge in [0.15, 0.2) is 0 Å². The molecule has 1 rings (SSSR count). The smallest absolute Gasteiger partial charge is 0.236 e. The van der Waals surface area contributed by atoms with Gasteiger partial charge in [0.1, 0.15) is 0 Å². The monoisotopic (exact) mass is 266 g/mol. The van der Waals surface area contributed by atoms with Crippen molar-refractivity contribution in [2.75, 3.05) is 6.54 Å². The van der Waals surface area contributed by atoms with E-state index in [1.54, 1.807) is 0 Å². The lowest BCUT2D eigenvalue weighted by Gasteiger charge is -2.13. The summed E-state index contributed by atoms with van der Waals surface area (Å²) in [6, 6.07) is -0.179. The van der Waals surface area contributed by atoms with Gasteiger partial charge in [-0.3, -0.25) is 9.48 Å². The van der Waals surface area contributed by atoms with E-state index in [9.17, 15) is 4.79 Å². The first-order valence-corrected chi connectivity index (χ1v) is 7.04. The molecule has 0 radical (unpaired) electrons. The van der Waals surface area contributed by atoms with Crippen LogP contribution in [0.3, 0.4) is 0 Å². The van der Waals surface area contributed by atoms with Crippen LogP contribution in [0.2, 0.25) is 0 Å². The summed E-state index contributed by atoms with van der Waals surface area (Å²) in [6.07, 6.45) is 5.23. The quantitative estimate of drug-likeness (QED) is 0.701. The van der Waals surface area contributed by atoms with Crippen LogP contribution in [0.4, 0.5) is 0 Å². The average Bonchev–Trinajstić information content (AvgIpc) is 2.72. The molecule has 1 atom stereocenters. The number of carbonyl (C=O) groups is 1. The molecule has 5 nitrogen and oxygen atoms in total. The van der Waals surface area contributed by atoms with E-state index in [1.807, 2.05) is 31.8 Å². The third-order valence-corrected chi connectivity index (χ3v) is 3.41. The topological polar surface area (TPSA) is 59.0 Å². The van der Waals surface area contributed by atoms with E-state index in [0.29, 0.717) is 6.54 Å². The van der Waals surface area contributed by atoms with Gasteiger partial charge >= 0.3 is 0 Å². The highest BCUT2D eigenvalue weighted by Crippen LogP contribution is 2.05. The van der Waals surface area contributed by atoms with Crippen molar-refractivity contribution >= 4 is 5.91 Å². The van der Waals surface area contributed by atoms with Gasteiger partial charge in [0.25, 0.3) is 0 Å². The highest BCUT2D eigenvalue weighted by atomic mass is 16.2. The molecule has 1 unspecified atom stereocenters. The van der Waals surface area contributed by atoms with Crippen LogP contribution in [0.1, 0.15) is 44.4 Å². The molecule has 0 aliphatic heterocycles. The van der Waals surface area contributed by atoms with Crippen molar-refractivity contribution < 1.29 is 4.79 Å². The molecule has 108 valence electrons. The molecule has 0 saturated carbocycles. The minimum Gasteiger partial charge on any atom is -0.355 e. The first-order chi connectivity index (χ1) is 9.06. The zero-order chi connectivity index (χ0) is 14.3. The first kappa shape index (κ1) is 15.7. The second kappa shape index (κ2) is 7.94. The average molecular weight is 266 g/mol. The molecule has 2 N–H and O–H groups in total. The number of nitrogens with zero attached hydrogens (tertiary/aromatic N) is 2. The van der Waals surface area contributed by atoms with Crippen molar-refractivity contribution in [1.82, 2.24) is 20.4 Å². The van der Waals surface area contributed by atoms with Gasteiger partial charge in [0, 0.05) is 31.4 Å². The van der Waals surface area contributed by atoms with Crippen LogP contribution in [0.5, 0.6) is 0 Å². The molecule has 0 aliphatic carbocycles. The van der Waals surface area contributed by atoms with Crippen molar-refractivity contribution in [3.05, 3.63) is 17.5 Å². The van der Waals surface area contributed by atoms with Crippen LogP contribution in [0.25, 0.3) is 0 Å². The van der Waals surface area contributed by atoms with Crippen molar-refractivity contribution in [1.29, 1.82) is 0 Å². The lowest BCUT2D eigenvalue weighted by atomic mass is 10.2. The third-order valence-electron chi connectivity index (χ3n) is 3.41. The van der Waals surface area contributed by atoms with Crippen molar-refractivity contribution in [2.24, 2.45) is 7.05 Å². The molecule has 0 saturated heterocycles. The lowest BCUT2D eigenvalue weighted by Crippen LogP contribution is -2.42. The van der Waals surface area contributed by atoms with E-state index in [1.165, 1.54) is 6.42 Å². The Kier molecular flexibility index (Phi) is 6.56. The minimum atomic E-state index is -0.179. The number of nitrogens with one attached hydrogen (secondary N) is 2. The highest BCUT2D eigenvalue weighted by Gasteiger charge is 2.12. The Balaban J connectivity index is 2.28. The number of hydrogen-bond donors (Lipinski definition) is 2. The van der Waals surface area contributed by atoms with Gasteiger partial charge in [-0.05, 0) is 20.3 Å². The zero-order valence-corrected chi connectivity index (χ0v) is 12.5. The summed E-state index contributed by atoms with van der Waals surface area (Å²) in [5.41, 5.74) is 2.26. The maximum atomic E-state index is 11.8. The summed E-state index contributed by atoms with van der Waals surface area (Å²) in [5.74, 6) is 0.0673. The molecule has 1 amide bonds. The van der Waals surface area contributed by atoms with Crippen molar-refractivity contribution in [2.45, 2.75) is 52.6 Å². The number of aryl methyl sites for hydroxylation is 1. The second-order valence-electron chi connectivity index (χ2n) is 4.98. The summed E-state index contributed by atoms with van der Waals surface area (Å²) in [4.78, 5) is 11.8. The Labute approximate surface area is 115 Å². The van der Waals surface area contributed by atoms with Gasteiger partial charge in [0.05, 0.1) is 12.2 Å².